The van der Waals surface area contributed by atoms with E-state index < -0.39 is 16.1 Å². The van der Waals surface area contributed by atoms with Crippen molar-refractivity contribution in [2.75, 3.05) is 20.2 Å². The molecule has 3 heterocycles. The smallest absolute Gasteiger partial charge is 0.240 e. The number of aliphatic imine (C=N–C) groups is 1. The Balaban J connectivity index is 0.810. The Hall–Kier alpha value is -4.85. The van der Waals surface area contributed by atoms with Gasteiger partial charge >= 0.3 is 0 Å². The van der Waals surface area contributed by atoms with Gasteiger partial charge in [-0.25, -0.2) is 13.1 Å². The molecule has 0 spiro atoms. The summed E-state index contributed by atoms with van der Waals surface area (Å²) in [5.41, 5.74) is 6.49. The number of unbranched alkanes of at least 4 members (excludes halogenated alkanes) is 13. The van der Waals surface area contributed by atoms with E-state index in [-0.39, 0.29) is 12.3 Å². The van der Waals surface area contributed by atoms with Crippen molar-refractivity contribution in [2.24, 2.45) is 4.99 Å². The lowest BCUT2D eigenvalue weighted by atomic mass is 10.00. The summed E-state index contributed by atoms with van der Waals surface area (Å²) in [5, 5.41) is 16.6. The Labute approximate surface area is 372 Å². The lowest BCUT2D eigenvalue weighted by Gasteiger charge is -2.14. The molecule has 0 bridgehead atoms. The van der Waals surface area contributed by atoms with Crippen molar-refractivity contribution in [3.63, 3.8) is 0 Å². The summed E-state index contributed by atoms with van der Waals surface area (Å²) < 4.78 is 41.9. The van der Waals surface area contributed by atoms with E-state index in [0.29, 0.717) is 45.9 Å². The van der Waals surface area contributed by atoms with Gasteiger partial charge < -0.3 is 14.6 Å². The fraction of sp³-hybridized carbons (Fsp3) is 0.479. The first-order chi connectivity index (χ1) is 30.0. The van der Waals surface area contributed by atoms with Crippen LogP contribution in [0.15, 0.2) is 75.1 Å². The average molecular weight is 885 g/mol. The van der Waals surface area contributed by atoms with E-state index in [1.54, 1.807) is 13.2 Å². The van der Waals surface area contributed by atoms with Crippen LogP contribution in [0.3, 0.4) is 0 Å². The van der Waals surface area contributed by atoms with E-state index in [1.165, 1.54) is 57.8 Å². The summed E-state index contributed by atoms with van der Waals surface area (Å²) in [6.07, 6.45) is 16.2. The zero-order chi connectivity index (χ0) is 44.1. The minimum Gasteiger partial charge on any atom is -0.497 e. The van der Waals surface area contributed by atoms with Gasteiger partial charge in [0.2, 0.25) is 15.9 Å². The Bertz CT molecular complexity index is 2390. The summed E-state index contributed by atoms with van der Waals surface area (Å²) in [6.45, 7) is 8.50. The maximum absolute atomic E-state index is 13.3. The minimum atomic E-state index is -3.61. The topological polar surface area (TPSA) is 154 Å². The third-order valence-electron chi connectivity index (χ3n) is 11.6. The van der Waals surface area contributed by atoms with Crippen LogP contribution in [0.4, 0.5) is 0 Å². The monoisotopic (exact) mass is 883 g/mol. The highest BCUT2D eigenvalue weighted by Gasteiger charge is 2.30. The van der Waals surface area contributed by atoms with E-state index >= 15 is 0 Å². The molecule has 332 valence electrons. The molecule has 14 heteroatoms. The lowest BCUT2D eigenvalue weighted by molar-refractivity contribution is -0.121. The highest BCUT2D eigenvalue weighted by Crippen LogP contribution is 2.35. The van der Waals surface area contributed by atoms with Crippen molar-refractivity contribution >= 4 is 33.2 Å². The van der Waals surface area contributed by atoms with Crippen LogP contribution in [-0.2, 0) is 14.8 Å². The molecule has 0 unspecified atom stereocenters. The second-order valence-electron chi connectivity index (χ2n) is 16.4. The molecule has 2 N–H and O–H groups in total. The molecule has 0 radical (unpaired) electrons. The van der Waals surface area contributed by atoms with E-state index in [9.17, 15) is 13.2 Å². The van der Waals surface area contributed by atoms with Crippen LogP contribution in [0.5, 0.6) is 5.75 Å². The molecule has 1 aliphatic rings. The third-order valence-corrected chi connectivity index (χ3v) is 13.5. The van der Waals surface area contributed by atoms with E-state index in [1.807, 2.05) is 86.9 Å². The number of halogens is 1. The van der Waals surface area contributed by atoms with Gasteiger partial charge in [0.05, 0.1) is 35.5 Å². The van der Waals surface area contributed by atoms with Gasteiger partial charge in [-0.05, 0) is 88.1 Å². The number of methoxy groups -OCH3 is 1. The number of sulfonamides is 1. The molecule has 0 saturated carbocycles. The van der Waals surface area contributed by atoms with Gasteiger partial charge in [-0.1, -0.05) is 118 Å². The van der Waals surface area contributed by atoms with Gasteiger partial charge in [0.25, 0.3) is 0 Å². The van der Waals surface area contributed by atoms with Crippen molar-refractivity contribution in [3.05, 3.63) is 105 Å². The predicted octanol–water partition coefficient (Wildman–Crippen LogP) is 10.7. The van der Waals surface area contributed by atoms with Crippen molar-refractivity contribution in [3.8, 4) is 22.6 Å². The van der Waals surface area contributed by atoms with E-state index in [2.05, 4.69) is 25.4 Å². The Morgan fingerprint density at radius 3 is 2.00 bits per heavy atom. The Morgan fingerprint density at radius 2 is 1.39 bits per heavy atom. The lowest BCUT2D eigenvalue weighted by Crippen LogP contribution is -2.26. The number of aromatic nitrogens is 4. The first-order valence-corrected chi connectivity index (χ1v) is 24.1. The number of hydrogen-bond acceptors (Lipinski definition) is 9. The maximum atomic E-state index is 13.3. The van der Waals surface area contributed by atoms with Crippen molar-refractivity contribution in [1.82, 2.24) is 30.0 Å². The number of carbonyl (C=O) groups is 1. The molecular weight excluding hydrogens is 822 g/mol. The zero-order valence-corrected chi connectivity index (χ0v) is 38.5. The van der Waals surface area contributed by atoms with Gasteiger partial charge in [-0.3, -0.25) is 14.4 Å². The molecule has 6 rings (SSSR count). The number of ether oxygens (including phenoxy) is 1. The van der Waals surface area contributed by atoms with Crippen LogP contribution in [0, 0.1) is 27.7 Å². The molecule has 3 aromatic carbocycles. The first kappa shape index (κ1) is 46.6. The van der Waals surface area contributed by atoms with Crippen LogP contribution in [0.1, 0.15) is 142 Å². The average Bonchev–Trinajstić information content (AvgIpc) is 3.77. The van der Waals surface area contributed by atoms with E-state index in [4.69, 9.17) is 25.9 Å². The Morgan fingerprint density at radius 1 is 0.774 bits per heavy atom. The SMILES string of the molecule is COc1ccc2c(c1)C(c1ccc(Cl)cc1)=N[C@@H](CC(=O)NCCCCCCCCCCCCCCCCNS(=O)(=O)c1cc(-c3c(C)noc3C)ccc1C)c1nnc(C)n1-2. The molecule has 1 aliphatic heterocycles. The number of aryl methyl sites for hydroxylation is 4. The molecule has 1 atom stereocenters. The summed E-state index contributed by atoms with van der Waals surface area (Å²) in [5.74, 6) is 2.68. The third kappa shape index (κ3) is 12.2. The molecule has 12 nitrogen and oxygen atoms in total. The van der Waals surface area contributed by atoms with Crippen molar-refractivity contribution in [1.29, 1.82) is 0 Å². The van der Waals surface area contributed by atoms with Crippen LogP contribution < -0.4 is 14.8 Å². The predicted molar refractivity (Wildman–Crippen MR) is 246 cm³/mol. The fourth-order valence-electron chi connectivity index (χ4n) is 8.25. The van der Waals surface area contributed by atoms with Gasteiger partial charge in [0, 0.05) is 34.8 Å². The van der Waals surface area contributed by atoms with E-state index in [0.717, 1.165) is 77.3 Å². The molecular formula is C48H62ClN7O5S. The summed E-state index contributed by atoms with van der Waals surface area (Å²) >= 11 is 6.23. The number of fused-ring (bicyclic) bond motifs is 3. The number of benzene rings is 3. The number of hydrogen-bond donors (Lipinski definition) is 2. The standard InChI is InChI=1S/C48H62ClN7O5S/c1-33-20-21-38(46-34(2)55-61-35(46)3)30-44(33)62(58,59)51-29-19-17-15-13-11-9-7-6-8-10-12-14-16-18-28-50-45(57)32-42-48-54-53-36(4)56(48)43-27-26-40(60-5)31-41(43)47(52-42)37-22-24-39(49)25-23-37/h20-27,30-31,42,51H,6-19,28-29,32H2,1-5H3,(H,50,57)/t42-/m0/s1. The second-order valence-corrected chi connectivity index (χ2v) is 18.6. The maximum Gasteiger partial charge on any atom is 0.240 e. The number of carbonyl (C=O) groups excluding carboxylic acids is 1. The van der Waals surface area contributed by atoms with Crippen LogP contribution in [0.2, 0.25) is 5.02 Å². The summed E-state index contributed by atoms with van der Waals surface area (Å²) in [6, 6.07) is 18.4. The first-order valence-electron chi connectivity index (χ1n) is 22.2. The van der Waals surface area contributed by atoms with Crippen LogP contribution in [0.25, 0.3) is 16.8 Å². The number of nitrogens with zero attached hydrogens (tertiary/aromatic N) is 5. The van der Waals surface area contributed by atoms with Crippen molar-refractivity contribution in [2.45, 2.75) is 135 Å². The molecule has 62 heavy (non-hydrogen) atoms. The normalized spacial score (nSPS) is 13.6. The van der Waals surface area contributed by atoms with Crippen LogP contribution >= 0.6 is 11.6 Å². The zero-order valence-electron chi connectivity index (χ0n) is 36.9. The fourth-order valence-corrected chi connectivity index (χ4v) is 9.72. The number of rotatable bonds is 24. The Kier molecular flexibility index (Phi) is 16.9. The van der Waals surface area contributed by atoms with Crippen LogP contribution in [-0.4, -0.2) is 60.2 Å². The summed E-state index contributed by atoms with van der Waals surface area (Å²) in [7, 11) is -1.97. The van der Waals surface area contributed by atoms with Gasteiger partial charge in [0.15, 0.2) is 5.82 Å². The summed E-state index contributed by atoms with van der Waals surface area (Å²) in [4.78, 5) is 18.8. The van der Waals surface area contributed by atoms with Gasteiger partial charge in [-0.15, -0.1) is 10.2 Å². The highest BCUT2D eigenvalue weighted by molar-refractivity contribution is 7.89. The largest absolute Gasteiger partial charge is 0.497 e. The molecule has 0 saturated heterocycles. The molecule has 0 fully saturated rings. The molecule has 0 aliphatic carbocycles. The molecule has 2 aromatic heterocycles. The van der Waals surface area contributed by atoms with Gasteiger partial charge in [-0.2, -0.15) is 0 Å². The van der Waals surface area contributed by atoms with Crippen molar-refractivity contribution < 1.29 is 22.5 Å². The number of amides is 1. The number of nitrogens with one attached hydrogen (secondary N) is 2. The molecule has 5 aromatic rings. The second kappa shape index (κ2) is 22.5. The van der Waals surface area contributed by atoms with Gasteiger partial charge in [0.1, 0.15) is 23.4 Å². The highest BCUT2D eigenvalue weighted by atomic mass is 35.5. The minimum absolute atomic E-state index is 0.0594. The molecule has 1 amide bonds. The quantitative estimate of drug-likeness (QED) is 0.0581.